The van der Waals surface area contributed by atoms with Gasteiger partial charge in [-0.3, -0.25) is 9.78 Å². The molecule has 2 fully saturated rings. The van der Waals surface area contributed by atoms with Crippen LogP contribution in [0.25, 0.3) is 6.08 Å². The van der Waals surface area contributed by atoms with Gasteiger partial charge in [0.2, 0.25) is 0 Å². The van der Waals surface area contributed by atoms with E-state index in [0.29, 0.717) is 24.7 Å². The first-order valence-electron chi connectivity index (χ1n) is 12.4. The molecule has 1 aliphatic heterocycles. The van der Waals surface area contributed by atoms with Crippen molar-refractivity contribution in [2.24, 2.45) is 5.92 Å². The third-order valence-electron chi connectivity index (χ3n) is 7.98. The van der Waals surface area contributed by atoms with Crippen molar-refractivity contribution in [3.63, 3.8) is 0 Å². The van der Waals surface area contributed by atoms with Crippen molar-refractivity contribution < 1.29 is 14.3 Å². The second-order valence-corrected chi connectivity index (χ2v) is 9.99. The van der Waals surface area contributed by atoms with Gasteiger partial charge in [-0.2, -0.15) is 0 Å². The lowest BCUT2D eigenvalue weighted by Crippen LogP contribution is -2.50. The molecule has 1 aromatic heterocycles. The molecule has 1 spiro atoms. The number of pyridine rings is 1. The molecule has 1 saturated carbocycles. The average molecular weight is 467 g/mol. The van der Waals surface area contributed by atoms with Crippen LogP contribution in [0.2, 0.25) is 0 Å². The summed E-state index contributed by atoms with van der Waals surface area (Å²) in [6.45, 7) is 3.24. The van der Waals surface area contributed by atoms with E-state index in [9.17, 15) is 4.79 Å². The lowest BCUT2D eigenvalue weighted by molar-refractivity contribution is -0.194. The van der Waals surface area contributed by atoms with Gasteiger partial charge in [0.05, 0.1) is 24.6 Å². The molecule has 35 heavy (non-hydrogen) atoms. The lowest BCUT2D eigenvalue weighted by atomic mass is 9.56. The van der Waals surface area contributed by atoms with E-state index in [0.717, 1.165) is 42.6 Å². The summed E-state index contributed by atoms with van der Waals surface area (Å²) in [7, 11) is 0. The van der Waals surface area contributed by atoms with Gasteiger partial charge in [-0.25, -0.2) is 0 Å². The summed E-state index contributed by atoms with van der Waals surface area (Å²) in [6, 6.07) is 20.6. The molecule has 2 atom stereocenters. The van der Waals surface area contributed by atoms with Crippen molar-refractivity contribution in [3.05, 3.63) is 101 Å². The van der Waals surface area contributed by atoms with E-state index in [-0.39, 0.29) is 11.3 Å². The Balaban J connectivity index is 1.35. The van der Waals surface area contributed by atoms with Gasteiger partial charge in [-0.05, 0) is 66.6 Å². The van der Waals surface area contributed by atoms with E-state index in [2.05, 4.69) is 58.9 Å². The van der Waals surface area contributed by atoms with Crippen molar-refractivity contribution >= 4 is 17.7 Å². The molecular weight excluding hydrogens is 436 g/mol. The predicted octanol–water partition coefficient (Wildman–Crippen LogP) is 5.69. The molecule has 1 saturated heterocycles. The van der Waals surface area contributed by atoms with Gasteiger partial charge < -0.3 is 14.8 Å². The van der Waals surface area contributed by atoms with E-state index in [1.54, 1.807) is 6.20 Å². The number of anilines is 1. The van der Waals surface area contributed by atoms with Crippen LogP contribution < -0.4 is 5.32 Å². The molecule has 1 amide bonds. The van der Waals surface area contributed by atoms with Crippen molar-refractivity contribution in [1.82, 2.24) is 4.98 Å². The number of aryl methyl sites for hydroxylation is 1. The number of nitrogens with zero attached hydrogens (tertiary/aromatic N) is 1. The molecule has 1 unspecified atom stereocenters. The number of hydrogen-bond donors (Lipinski definition) is 1. The minimum Gasteiger partial charge on any atom is -0.348 e. The van der Waals surface area contributed by atoms with Crippen molar-refractivity contribution in [1.29, 1.82) is 0 Å². The van der Waals surface area contributed by atoms with Gasteiger partial charge in [0.15, 0.2) is 5.79 Å². The maximum absolute atomic E-state index is 13.1. The highest BCUT2D eigenvalue weighted by atomic mass is 16.7. The minimum atomic E-state index is -0.450. The minimum absolute atomic E-state index is 0.0546. The van der Waals surface area contributed by atoms with Crippen LogP contribution in [0.1, 0.15) is 52.0 Å². The third-order valence-corrected chi connectivity index (χ3v) is 7.98. The Hall–Kier alpha value is -3.28. The Labute approximate surface area is 206 Å². The van der Waals surface area contributed by atoms with E-state index in [1.807, 2.05) is 31.2 Å². The zero-order valence-electron chi connectivity index (χ0n) is 20.0. The average Bonchev–Trinajstić information content (AvgIpc) is 3.34. The second-order valence-electron chi connectivity index (χ2n) is 9.99. The van der Waals surface area contributed by atoms with E-state index in [4.69, 9.17) is 9.47 Å². The zero-order valence-corrected chi connectivity index (χ0v) is 20.0. The summed E-state index contributed by atoms with van der Waals surface area (Å²) in [5.41, 5.74) is 5.90. The van der Waals surface area contributed by atoms with Crippen molar-refractivity contribution in [2.45, 2.75) is 43.8 Å². The number of rotatable bonds is 4. The fourth-order valence-corrected chi connectivity index (χ4v) is 6.18. The molecule has 3 aliphatic rings. The Morgan fingerprint density at radius 2 is 1.89 bits per heavy atom. The van der Waals surface area contributed by atoms with Gasteiger partial charge >= 0.3 is 0 Å². The highest BCUT2D eigenvalue weighted by Gasteiger charge is 2.53. The number of benzene rings is 2. The smallest absolute Gasteiger partial charge is 0.255 e. The Bertz CT molecular complexity index is 1280. The number of carbonyl (C=O) groups excluding carboxylic acids is 1. The SMILES string of the molecule is Cc1ncccc1NC(=O)c1ccc2c(c1)C=CC1CC3(CC[C@@]21Cc1ccccc1)OCCO3. The summed E-state index contributed by atoms with van der Waals surface area (Å²) in [4.78, 5) is 17.4. The molecule has 0 radical (unpaired) electrons. The van der Waals surface area contributed by atoms with Crippen LogP contribution in [0, 0.1) is 12.8 Å². The normalized spacial score (nSPS) is 24.1. The quantitative estimate of drug-likeness (QED) is 0.536. The second kappa shape index (κ2) is 8.74. The molecular formula is C30H30N2O3. The van der Waals surface area contributed by atoms with E-state index >= 15 is 0 Å². The summed E-state index contributed by atoms with van der Waals surface area (Å²) in [5, 5.41) is 3.01. The zero-order chi connectivity index (χ0) is 23.9. The number of amides is 1. The largest absolute Gasteiger partial charge is 0.348 e. The summed E-state index contributed by atoms with van der Waals surface area (Å²) >= 11 is 0. The van der Waals surface area contributed by atoms with Crippen molar-refractivity contribution in [2.75, 3.05) is 18.5 Å². The van der Waals surface area contributed by atoms with Gasteiger partial charge in [-0.1, -0.05) is 48.6 Å². The topological polar surface area (TPSA) is 60.5 Å². The molecule has 3 aromatic rings. The number of fused-ring (bicyclic) bond motifs is 3. The number of nitrogens with one attached hydrogen (secondary N) is 1. The highest BCUT2D eigenvalue weighted by molar-refractivity contribution is 6.05. The number of allylic oxidation sites excluding steroid dienone is 1. The van der Waals surface area contributed by atoms with Crippen LogP contribution >= 0.6 is 0 Å². The molecule has 5 heteroatoms. The summed E-state index contributed by atoms with van der Waals surface area (Å²) < 4.78 is 12.2. The van der Waals surface area contributed by atoms with E-state index < -0.39 is 5.79 Å². The maximum Gasteiger partial charge on any atom is 0.255 e. The highest BCUT2D eigenvalue weighted by Crippen LogP contribution is 2.54. The van der Waals surface area contributed by atoms with Crippen LogP contribution in [0.4, 0.5) is 5.69 Å². The van der Waals surface area contributed by atoms with Crippen LogP contribution in [0.15, 0.2) is 72.9 Å². The first-order chi connectivity index (χ1) is 17.1. The van der Waals surface area contributed by atoms with E-state index in [1.165, 1.54) is 11.1 Å². The van der Waals surface area contributed by atoms with Crippen LogP contribution in [-0.2, 0) is 21.3 Å². The van der Waals surface area contributed by atoms with Crippen LogP contribution in [0.5, 0.6) is 0 Å². The molecule has 2 aliphatic carbocycles. The molecule has 5 nitrogen and oxygen atoms in total. The van der Waals surface area contributed by atoms with Gasteiger partial charge in [0, 0.05) is 30.0 Å². The Morgan fingerprint density at radius 1 is 1.06 bits per heavy atom. The molecule has 6 rings (SSSR count). The Morgan fingerprint density at radius 3 is 2.69 bits per heavy atom. The molecule has 2 aromatic carbocycles. The van der Waals surface area contributed by atoms with Gasteiger partial charge in [-0.15, -0.1) is 0 Å². The fraction of sp³-hybridized carbons (Fsp3) is 0.333. The lowest BCUT2D eigenvalue weighted by Gasteiger charge is -2.51. The first-order valence-corrected chi connectivity index (χ1v) is 12.4. The molecule has 0 bridgehead atoms. The summed E-state index contributed by atoms with van der Waals surface area (Å²) in [6.07, 6.45) is 9.90. The third kappa shape index (κ3) is 3.99. The van der Waals surface area contributed by atoms with Crippen LogP contribution in [0.3, 0.4) is 0 Å². The predicted molar refractivity (Wildman–Crippen MR) is 136 cm³/mol. The van der Waals surface area contributed by atoms with Gasteiger partial charge in [0.25, 0.3) is 5.91 Å². The fourth-order valence-electron chi connectivity index (χ4n) is 6.18. The van der Waals surface area contributed by atoms with Crippen LogP contribution in [-0.4, -0.2) is 29.9 Å². The molecule has 178 valence electrons. The van der Waals surface area contributed by atoms with Crippen molar-refractivity contribution in [3.8, 4) is 0 Å². The monoisotopic (exact) mass is 466 g/mol. The number of hydrogen-bond acceptors (Lipinski definition) is 4. The van der Waals surface area contributed by atoms with Gasteiger partial charge in [0.1, 0.15) is 0 Å². The molecule has 2 heterocycles. The number of carbonyl (C=O) groups is 1. The number of ether oxygens (including phenoxy) is 2. The standard InChI is InChI=1S/C30H30N2O3/c1-21-27(8-5-15-31-21)32-28(33)24-10-12-26-23(18-24)9-11-25-20-30(34-16-17-35-30)14-13-29(25,26)19-22-6-3-2-4-7-22/h2-12,15,18,25H,13-14,16-17,19-20H2,1H3,(H,32,33)/t25?,29-/m0/s1. The Kier molecular flexibility index (Phi) is 5.54. The first kappa shape index (κ1) is 22.2. The summed E-state index contributed by atoms with van der Waals surface area (Å²) in [5.74, 6) is -0.264. The molecule has 1 N–H and O–H groups in total. The number of aromatic nitrogens is 1. The maximum atomic E-state index is 13.1.